The molecule has 0 aliphatic rings. The van der Waals surface area contributed by atoms with E-state index in [2.05, 4.69) is 9.72 Å². The summed E-state index contributed by atoms with van der Waals surface area (Å²) in [5.41, 5.74) is 0.489. The van der Waals surface area contributed by atoms with Gasteiger partial charge in [0.15, 0.2) is 0 Å². The number of furan rings is 1. The average molecular weight is 263 g/mol. The Kier molecular flexibility index (Phi) is 4.04. The quantitative estimate of drug-likeness (QED) is 0.626. The average Bonchev–Trinajstić information content (AvgIpc) is 2.78. The number of pyridine rings is 1. The smallest absolute Gasteiger partial charge is 0.341 e. The minimum atomic E-state index is -0.364. The zero-order chi connectivity index (χ0) is 13.0. The number of thioether (sulfide) groups is 1. The van der Waals surface area contributed by atoms with E-state index in [-0.39, 0.29) is 5.97 Å². The Labute approximate surface area is 109 Å². The third-order valence-electron chi connectivity index (χ3n) is 2.40. The van der Waals surface area contributed by atoms with Crippen LogP contribution in [0, 0.1) is 6.92 Å². The largest absolute Gasteiger partial charge is 0.465 e. The molecular formula is C13H13NO3S. The molecule has 0 aliphatic carbocycles. The summed E-state index contributed by atoms with van der Waals surface area (Å²) in [5.74, 6) is 1.65. The zero-order valence-electron chi connectivity index (χ0n) is 10.2. The van der Waals surface area contributed by atoms with Crippen molar-refractivity contribution in [2.75, 3.05) is 7.11 Å². The fourth-order valence-electron chi connectivity index (χ4n) is 1.52. The number of rotatable bonds is 4. The Bertz CT molecular complexity index is 536. The van der Waals surface area contributed by atoms with Gasteiger partial charge in [-0.2, -0.15) is 0 Å². The summed E-state index contributed by atoms with van der Waals surface area (Å²) >= 11 is 1.63. The van der Waals surface area contributed by atoms with Gasteiger partial charge < -0.3 is 9.15 Å². The number of hydrogen-bond donors (Lipinski definition) is 0. The van der Waals surface area contributed by atoms with Crippen LogP contribution < -0.4 is 0 Å². The van der Waals surface area contributed by atoms with Crippen molar-refractivity contribution in [1.82, 2.24) is 4.98 Å². The number of ether oxygens (including phenoxy) is 1. The van der Waals surface area contributed by atoms with Gasteiger partial charge in [0.25, 0.3) is 0 Å². The van der Waals surface area contributed by atoms with Gasteiger partial charge in [-0.1, -0.05) is 0 Å². The van der Waals surface area contributed by atoms with E-state index in [4.69, 9.17) is 4.42 Å². The van der Waals surface area contributed by atoms with Crippen LogP contribution in [0.4, 0.5) is 0 Å². The predicted molar refractivity (Wildman–Crippen MR) is 68.6 cm³/mol. The van der Waals surface area contributed by atoms with E-state index in [1.165, 1.54) is 7.11 Å². The van der Waals surface area contributed by atoms with Gasteiger partial charge in [0.2, 0.25) is 0 Å². The van der Waals surface area contributed by atoms with Crippen LogP contribution in [0.25, 0.3) is 0 Å². The molecule has 0 aliphatic heterocycles. The molecule has 0 aromatic carbocycles. The second-order valence-corrected chi connectivity index (χ2v) is 4.69. The highest BCUT2D eigenvalue weighted by atomic mass is 32.2. The SMILES string of the molecule is COC(=O)c1cc(CSc2ccncc2)oc1C. The minimum absolute atomic E-state index is 0.364. The van der Waals surface area contributed by atoms with Gasteiger partial charge in [-0.15, -0.1) is 11.8 Å². The molecule has 0 atom stereocenters. The molecule has 0 amide bonds. The maximum atomic E-state index is 11.4. The Hall–Kier alpha value is -1.75. The van der Waals surface area contributed by atoms with Crippen LogP contribution in [0.15, 0.2) is 39.9 Å². The number of carbonyl (C=O) groups is 1. The molecule has 2 aromatic rings. The molecule has 0 saturated heterocycles. The molecule has 2 aromatic heterocycles. The summed E-state index contributed by atoms with van der Waals surface area (Å²) in [4.78, 5) is 16.5. The first-order chi connectivity index (χ1) is 8.70. The summed E-state index contributed by atoms with van der Waals surface area (Å²) in [6.07, 6.45) is 3.49. The lowest BCUT2D eigenvalue weighted by Crippen LogP contribution is -2.00. The highest BCUT2D eigenvalue weighted by Crippen LogP contribution is 2.25. The summed E-state index contributed by atoms with van der Waals surface area (Å²) in [6, 6.07) is 5.60. The van der Waals surface area contributed by atoms with Gasteiger partial charge in [-0.05, 0) is 25.1 Å². The second kappa shape index (κ2) is 5.73. The van der Waals surface area contributed by atoms with Crippen LogP contribution in [0.1, 0.15) is 21.9 Å². The Morgan fingerprint density at radius 1 is 1.44 bits per heavy atom. The van der Waals surface area contributed by atoms with E-state index >= 15 is 0 Å². The number of aromatic nitrogens is 1. The molecule has 94 valence electrons. The lowest BCUT2D eigenvalue weighted by molar-refractivity contribution is 0.0599. The van der Waals surface area contributed by atoms with Crippen molar-refractivity contribution in [3.8, 4) is 0 Å². The molecule has 4 nitrogen and oxygen atoms in total. The van der Waals surface area contributed by atoms with Gasteiger partial charge in [-0.25, -0.2) is 4.79 Å². The molecule has 0 fully saturated rings. The van der Waals surface area contributed by atoms with E-state index in [9.17, 15) is 4.79 Å². The highest BCUT2D eigenvalue weighted by Gasteiger charge is 2.15. The van der Waals surface area contributed by atoms with Crippen LogP contribution in [0.2, 0.25) is 0 Å². The topological polar surface area (TPSA) is 52.3 Å². The third-order valence-corrected chi connectivity index (χ3v) is 3.44. The van der Waals surface area contributed by atoms with Gasteiger partial charge in [-0.3, -0.25) is 4.98 Å². The van der Waals surface area contributed by atoms with Gasteiger partial charge in [0, 0.05) is 17.3 Å². The number of esters is 1. The number of aryl methyl sites for hydroxylation is 1. The Morgan fingerprint density at radius 2 is 2.17 bits per heavy atom. The lowest BCUT2D eigenvalue weighted by Gasteiger charge is -1.97. The number of hydrogen-bond acceptors (Lipinski definition) is 5. The minimum Gasteiger partial charge on any atom is -0.465 e. The zero-order valence-corrected chi connectivity index (χ0v) is 11.0. The van der Waals surface area contributed by atoms with E-state index in [0.717, 1.165) is 10.7 Å². The Balaban J connectivity index is 2.05. The molecular weight excluding hydrogens is 250 g/mol. The summed E-state index contributed by atoms with van der Waals surface area (Å²) in [5, 5.41) is 0. The van der Waals surface area contributed by atoms with Crippen molar-refractivity contribution in [2.24, 2.45) is 0 Å². The summed E-state index contributed by atoms with van der Waals surface area (Å²) in [6.45, 7) is 1.76. The van der Waals surface area contributed by atoms with E-state index in [1.807, 2.05) is 12.1 Å². The maximum absolute atomic E-state index is 11.4. The first-order valence-corrected chi connectivity index (χ1v) is 6.39. The fourth-order valence-corrected chi connectivity index (χ4v) is 2.28. The molecule has 5 heteroatoms. The molecule has 0 spiro atoms. The van der Waals surface area contributed by atoms with Gasteiger partial charge >= 0.3 is 5.97 Å². The molecule has 0 bridgehead atoms. The van der Waals surface area contributed by atoms with Crippen molar-refractivity contribution in [3.05, 3.63) is 47.7 Å². The van der Waals surface area contributed by atoms with E-state index in [1.54, 1.807) is 37.1 Å². The van der Waals surface area contributed by atoms with Crippen molar-refractivity contribution >= 4 is 17.7 Å². The van der Waals surface area contributed by atoms with Crippen molar-refractivity contribution in [1.29, 1.82) is 0 Å². The Morgan fingerprint density at radius 3 is 2.83 bits per heavy atom. The first-order valence-electron chi connectivity index (χ1n) is 5.41. The fraction of sp³-hybridized carbons (Fsp3) is 0.231. The number of carbonyl (C=O) groups excluding carboxylic acids is 1. The summed E-state index contributed by atoms with van der Waals surface area (Å²) < 4.78 is 10.2. The van der Waals surface area contributed by atoms with Crippen molar-refractivity contribution in [2.45, 2.75) is 17.6 Å². The third kappa shape index (κ3) is 2.92. The molecule has 18 heavy (non-hydrogen) atoms. The monoisotopic (exact) mass is 263 g/mol. The molecule has 2 heterocycles. The van der Waals surface area contributed by atoms with Crippen molar-refractivity contribution in [3.63, 3.8) is 0 Å². The molecule has 0 unspecified atom stereocenters. The van der Waals surface area contributed by atoms with Crippen LogP contribution in [0.5, 0.6) is 0 Å². The number of nitrogens with zero attached hydrogens (tertiary/aromatic N) is 1. The predicted octanol–water partition coefficient (Wildman–Crippen LogP) is 3.06. The second-order valence-electron chi connectivity index (χ2n) is 3.65. The standard InChI is InChI=1S/C13H13NO3S/c1-9-12(13(15)16-2)7-10(17-9)8-18-11-3-5-14-6-4-11/h3-7H,8H2,1-2H3. The normalized spacial score (nSPS) is 10.3. The van der Waals surface area contributed by atoms with Crippen LogP contribution in [-0.2, 0) is 10.5 Å². The molecule has 2 rings (SSSR count). The van der Waals surface area contributed by atoms with Crippen LogP contribution in [0.3, 0.4) is 0 Å². The summed E-state index contributed by atoms with van der Waals surface area (Å²) in [7, 11) is 1.36. The van der Waals surface area contributed by atoms with Gasteiger partial charge in [0.1, 0.15) is 17.1 Å². The van der Waals surface area contributed by atoms with E-state index < -0.39 is 0 Å². The molecule has 0 radical (unpaired) electrons. The van der Waals surface area contributed by atoms with Gasteiger partial charge in [0.05, 0.1) is 12.9 Å². The molecule has 0 saturated carbocycles. The maximum Gasteiger partial charge on any atom is 0.341 e. The van der Waals surface area contributed by atoms with Crippen LogP contribution in [-0.4, -0.2) is 18.1 Å². The highest BCUT2D eigenvalue weighted by molar-refractivity contribution is 7.98. The van der Waals surface area contributed by atoms with E-state index in [0.29, 0.717) is 17.1 Å². The van der Waals surface area contributed by atoms with Crippen molar-refractivity contribution < 1.29 is 13.9 Å². The lowest BCUT2D eigenvalue weighted by atomic mass is 10.2. The number of methoxy groups -OCH3 is 1. The van der Waals surface area contributed by atoms with Crippen LogP contribution >= 0.6 is 11.8 Å². The molecule has 0 N–H and O–H groups in total. The first kappa shape index (κ1) is 12.7.